The van der Waals surface area contributed by atoms with Crippen molar-refractivity contribution in [2.24, 2.45) is 11.1 Å². The lowest BCUT2D eigenvalue weighted by Crippen LogP contribution is -2.26. The van der Waals surface area contributed by atoms with Gasteiger partial charge in [-0.1, -0.05) is 5.16 Å². The molecule has 74 valence electrons. The van der Waals surface area contributed by atoms with Crippen molar-refractivity contribution in [3.05, 3.63) is 0 Å². The third-order valence-electron chi connectivity index (χ3n) is 1.83. The highest BCUT2D eigenvalue weighted by Crippen LogP contribution is 2.34. The lowest BCUT2D eigenvalue weighted by Gasteiger charge is -2.11. The third kappa shape index (κ3) is 3.05. The average Bonchev–Trinajstić information content (AvgIpc) is 2.87. The van der Waals surface area contributed by atoms with Gasteiger partial charge in [0.25, 0.3) is 0 Å². The van der Waals surface area contributed by atoms with Gasteiger partial charge in [0.1, 0.15) is 0 Å². The Labute approximate surface area is 77.9 Å². The van der Waals surface area contributed by atoms with Crippen molar-refractivity contribution in [1.29, 1.82) is 0 Å². The predicted molar refractivity (Wildman–Crippen MR) is 48.4 cm³/mol. The van der Waals surface area contributed by atoms with Crippen LogP contribution in [-0.2, 0) is 14.4 Å². The fraction of sp³-hybridized carbons (Fsp3) is 0.778. The molecule has 0 saturated heterocycles. The van der Waals surface area contributed by atoms with Crippen LogP contribution < -0.4 is 0 Å². The van der Waals surface area contributed by atoms with Crippen LogP contribution in [0.25, 0.3) is 0 Å². The summed E-state index contributed by atoms with van der Waals surface area (Å²) >= 11 is 0. The summed E-state index contributed by atoms with van der Waals surface area (Å²) in [6, 6.07) is 0. The second kappa shape index (κ2) is 4.25. The van der Waals surface area contributed by atoms with E-state index < -0.39 is 6.10 Å². The van der Waals surface area contributed by atoms with Gasteiger partial charge in [0.05, 0.1) is 12.8 Å². The average molecular weight is 185 g/mol. The molecule has 1 saturated carbocycles. The number of oxime groups is 1. The van der Waals surface area contributed by atoms with Crippen LogP contribution in [0.1, 0.15) is 26.7 Å². The summed E-state index contributed by atoms with van der Waals surface area (Å²) in [5.41, 5.74) is 0.801. The predicted octanol–water partition coefficient (Wildman–Crippen LogP) is 1.35. The van der Waals surface area contributed by atoms with Crippen LogP contribution >= 0.6 is 0 Å². The van der Waals surface area contributed by atoms with Crippen molar-refractivity contribution in [2.75, 3.05) is 7.11 Å². The van der Waals surface area contributed by atoms with E-state index in [1.54, 1.807) is 0 Å². The highest BCUT2D eigenvalue weighted by atomic mass is 16.7. The van der Waals surface area contributed by atoms with Gasteiger partial charge in [-0.05, 0) is 26.7 Å². The molecule has 0 heterocycles. The van der Waals surface area contributed by atoms with E-state index in [1.165, 1.54) is 7.11 Å². The summed E-state index contributed by atoms with van der Waals surface area (Å²) in [6.45, 7) is 3.64. The minimum absolute atomic E-state index is 0.301. The largest absolute Gasteiger partial charge is 0.466 e. The molecule has 0 aromatic rings. The molecule has 0 aromatic heterocycles. The van der Waals surface area contributed by atoms with Gasteiger partial charge < -0.3 is 9.57 Å². The van der Waals surface area contributed by atoms with Gasteiger partial charge >= 0.3 is 5.97 Å². The summed E-state index contributed by atoms with van der Waals surface area (Å²) < 4.78 is 4.61. The maximum atomic E-state index is 11.2. The van der Waals surface area contributed by atoms with Crippen LogP contribution in [0.2, 0.25) is 0 Å². The first kappa shape index (κ1) is 10.0. The van der Waals surface area contributed by atoms with Gasteiger partial charge in [-0.15, -0.1) is 0 Å². The number of rotatable bonds is 4. The number of carbonyl (C=O) groups is 1. The molecule has 13 heavy (non-hydrogen) atoms. The van der Waals surface area contributed by atoms with Gasteiger partial charge in [0.2, 0.25) is 6.10 Å². The molecule has 0 radical (unpaired) electrons. The van der Waals surface area contributed by atoms with E-state index in [-0.39, 0.29) is 5.97 Å². The first-order valence-corrected chi connectivity index (χ1v) is 4.40. The van der Waals surface area contributed by atoms with Gasteiger partial charge in [-0.25, -0.2) is 4.79 Å². The zero-order valence-corrected chi connectivity index (χ0v) is 8.24. The summed E-state index contributed by atoms with van der Waals surface area (Å²) in [5, 5.41) is 3.77. The van der Waals surface area contributed by atoms with E-state index in [0.717, 1.165) is 18.6 Å². The van der Waals surface area contributed by atoms with Crippen molar-refractivity contribution in [3.63, 3.8) is 0 Å². The Morgan fingerprint density at radius 2 is 2.08 bits per heavy atom. The Balaban J connectivity index is 2.47. The van der Waals surface area contributed by atoms with Crippen molar-refractivity contribution >= 4 is 11.7 Å². The van der Waals surface area contributed by atoms with Crippen LogP contribution in [-0.4, -0.2) is 24.9 Å². The molecule has 0 bridgehead atoms. The molecule has 1 fully saturated rings. The van der Waals surface area contributed by atoms with Crippen molar-refractivity contribution in [3.8, 4) is 0 Å². The summed E-state index contributed by atoms with van der Waals surface area (Å²) in [7, 11) is 1.36. The molecule has 1 aliphatic carbocycles. The van der Waals surface area contributed by atoms with E-state index >= 15 is 0 Å². The smallest absolute Gasteiger partial charge is 0.350 e. The normalized spacial score (nSPS) is 17.5. The highest BCUT2D eigenvalue weighted by molar-refractivity contribution is 5.79. The standard InChI is InChI=1S/C9H15NO3/c1-6(2)10-13-8(7-4-5-7)9(11)12-3/h7-8H,4-5H2,1-3H3. The summed E-state index contributed by atoms with van der Waals surface area (Å²) in [5.74, 6) is -0.0250. The minimum Gasteiger partial charge on any atom is -0.466 e. The van der Waals surface area contributed by atoms with Crippen LogP contribution in [0.4, 0.5) is 0 Å². The summed E-state index contributed by atoms with van der Waals surface area (Å²) in [4.78, 5) is 16.3. The maximum absolute atomic E-state index is 11.2. The number of hydrogen-bond donors (Lipinski definition) is 0. The molecule has 4 heteroatoms. The Kier molecular flexibility index (Phi) is 3.28. The second-order valence-electron chi connectivity index (χ2n) is 3.43. The fourth-order valence-electron chi connectivity index (χ4n) is 0.999. The molecule has 0 aliphatic heterocycles. The van der Waals surface area contributed by atoms with Crippen LogP contribution in [0.5, 0.6) is 0 Å². The molecule has 1 atom stereocenters. The molecule has 1 aliphatic rings. The Bertz CT molecular complexity index is 217. The molecule has 1 unspecified atom stereocenters. The zero-order valence-electron chi connectivity index (χ0n) is 8.24. The van der Waals surface area contributed by atoms with Gasteiger partial charge in [-0.2, -0.15) is 0 Å². The first-order valence-electron chi connectivity index (χ1n) is 4.40. The van der Waals surface area contributed by atoms with E-state index in [0.29, 0.717) is 5.92 Å². The molecular formula is C9H15NO3. The van der Waals surface area contributed by atoms with Crippen molar-refractivity contribution < 1.29 is 14.4 Å². The topological polar surface area (TPSA) is 47.9 Å². The van der Waals surface area contributed by atoms with Gasteiger partial charge in [-0.3, -0.25) is 0 Å². The van der Waals surface area contributed by atoms with E-state index in [2.05, 4.69) is 9.89 Å². The van der Waals surface area contributed by atoms with Crippen molar-refractivity contribution in [2.45, 2.75) is 32.8 Å². The van der Waals surface area contributed by atoms with Crippen LogP contribution in [0.3, 0.4) is 0 Å². The van der Waals surface area contributed by atoms with Gasteiger partial charge in [0, 0.05) is 5.92 Å². The monoisotopic (exact) mass is 185 g/mol. The SMILES string of the molecule is COC(=O)C(ON=C(C)C)C1CC1. The molecule has 4 nitrogen and oxygen atoms in total. The number of methoxy groups -OCH3 is 1. The lowest BCUT2D eigenvalue weighted by atomic mass is 10.2. The second-order valence-corrected chi connectivity index (χ2v) is 3.43. The van der Waals surface area contributed by atoms with E-state index in [9.17, 15) is 4.79 Å². The van der Waals surface area contributed by atoms with E-state index in [4.69, 9.17) is 4.84 Å². The number of carbonyl (C=O) groups excluding carboxylic acids is 1. The van der Waals surface area contributed by atoms with E-state index in [1.807, 2.05) is 13.8 Å². The molecule has 0 aromatic carbocycles. The van der Waals surface area contributed by atoms with Gasteiger partial charge in [0.15, 0.2) is 0 Å². The summed E-state index contributed by atoms with van der Waals surface area (Å²) in [6.07, 6.45) is 1.55. The quantitative estimate of drug-likeness (QED) is 0.377. The molecule has 0 amide bonds. The van der Waals surface area contributed by atoms with Crippen LogP contribution in [0.15, 0.2) is 5.16 Å². The highest BCUT2D eigenvalue weighted by Gasteiger charge is 2.39. The first-order chi connectivity index (χ1) is 6.15. The molecule has 0 spiro atoms. The Morgan fingerprint density at radius 3 is 2.46 bits per heavy atom. The lowest BCUT2D eigenvalue weighted by molar-refractivity contribution is -0.155. The number of nitrogens with zero attached hydrogens (tertiary/aromatic N) is 1. The molecule has 0 N–H and O–H groups in total. The van der Waals surface area contributed by atoms with Crippen LogP contribution in [0, 0.1) is 5.92 Å². The molecule has 1 rings (SSSR count). The Hall–Kier alpha value is -1.06. The van der Waals surface area contributed by atoms with Crippen molar-refractivity contribution in [1.82, 2.24) is 0 Å². The fourth-order valence-corrected chi connectivity index (χ4v) is 0.999. The third-order valence-corrected chi connectivity index (χ3v) is 1.83. The number of ether oxygens (including phenoxy) is 1. The number of hydrogen-bond acceptors (Lipinski definition) is 4. The number of esters is 1. The minimum atomic E-state index is -0.500. The Morgan fingerprint density at radius 1 is 1.46 bits per heavy atom. The zero-order chi connectivity index (χ0) is 9.84. The maximum Gasteiger partial charge on any atom is 0.350 e. The molecular weight excluding hydrogens is 170 g/mol.